The molecule has 0 bridgehead atoms. The molecule has 0 saturated heterocycles. The average Bonchev–Trinajstić information content (AvgIpc) is 2.00. The van der Waals surface area contributed by atoms with Crippen molar-refractivity contribution in [1.29, 1.82) is 0 Å². The molecule has 0 aromatic rings. The van der Waals surface area contributed by atoms with Crippen molar-refractivity contribution in [2.45, 2.75) is 19.6 Å². The van der Waals surface area contributed by atoms with Gasteiger partial charge in [0.05, 0.1) is 6.61 Å². The summed E-state index contributed by atoms with van der Waals surface area (Å²) in [7, 11) is 0. The number of esters is 1. The topological polar surface area (TPSA) is 55.8 Å². The molecule has 0 amide bonds. The molecule has 0 aliphatic rings. The Labute approximate surface area is 71.8 Å². The maximum absolute atomic E-state index is 10.5. The molecule has 0 aromatic heterocycles. The van der Waals surface area contributed by atoms with Crippen molar-refractivity contribution in [2.24, 2.45) is 0 Å². The zero-order valence-electron chi connectivity index (χ0n) is 7.16. The third-order valence-corrected chi connectivity index (χ3v) is 1.06. The van der Waals surface area contributed by atoms with Gasteiger partial charge in [-0.05, 0) is 0 Å². The van der Waals surface area contributed by atoms with Crippen molar-refractivity contribution >= 4 is 5.97 Å². The van der Waals surface area contributed by atoms with E-state index in [9.17, 15) is 4.79 Å². The fraction of sp³-hybridized carbons (Fsp3) is 0.625. The SMILES string of the molecule is C=CCOC(CCO)OC(C)=O. The first kappa shape index (κ1) is 11.1. The van der Waals surface area contributed by atoms with E-state index in [0.717, 1.165) is 0 Å². The molecule has 0 aliphatic heterocycles. The number of hydrogen-bond donors (Lipinski definition) is 1. The molecule has 1 unspecified atom stereocenters. The highest BCUT2D eigenvalue weighted by Gasteiger charge is 2.09. The molecule has 4 nitrogen and oxygen atoms in total. The largest absolute Gasteiger partial charge is 0.436 e. The molecule has 0 saturated carbocycles. The zero-order chi connectivity index (χ0) is 9.40. The van der Waals surface area contributed by atoms with Gasteiger partial charge in [0, 0.05) is 20.0 Å². The lowest BCUT2D eigenvalue weighted by molar-refractivity contribution is -0.176. The van der Waals surface area contributed by atoms with Gasteiger partial charge < -0.3 is 14.6 Å². The lowest BCUT2D eigenvalue weighted by Crippen LogP contribution is -2.21. The third-order valence-electron chi connectivity index (χ3n) is 1.06. The Hall–Kier alpha value is -0.870. The Balaban J connectivity index is 3.68. The molecule has 70 valence electrons. The summed E-state index contributed by atoms with van der Waals surface area (Å²) in [5, 5.41) is 8.55. The standard InChI is InChI=1S/C8H14O4/c1-3-6-11-8(4-5-9)12-7(2)10/h3,8-9H,1,4-6H2,2H3. The minimum atomic E-state index is -0.662. The van der Waals surface area contributed by atoms with Gasteiger partial charge in [0.25, 0.3) is 0 Å². The van der Waals surface area contributed by atoms with Crippen molar-refractivity contribution < 1.29 is 19.4 Å². The average molecular weight is 174 g/mol. The second-order valence-corrected chi connectivity index (χ2v) is 2.17. The van der Waals surface area contributed by atoms with Crippen LogP contribution in [0.4, 0.5) is 0 Å². The highest BCUT2D eigenvalue weighted by molar-refractivity contribution is 5.66. The number of hydrogen-bond acceptors (Lipinski definition) is 4. The van der Waals surface area contributed by atoms with E-state index < -0.39 is 12.3 Å². The van der Waals surface area contributed by atoms with Gasteiger partial charge in [-0.3, -0.25) is 4.79 Å². The van der Waals surface area contributed by atoms with Gasteiger partial charge >= 0.3 is 5.97 Å². The highest BCUT2D eigenvalue weighted by Crippen LogP contribution is 2.00. The van der Waals surface area contributed by atoms with Crippen LogP contribution < -0.4 is 0 Å². The van der Waals surface area contributed by atoms with Gasteiger partial charge in [0.2, 0.25) is 6.29 Å². The molecule has 1 N–H and O–H groups in total. The molecule has 1 atom stereocenters. The highest BCUT2D eigenvalue weighted by atomic mass is 16.7. The van der Waals surface area contributed by atoms with Gasteiger partial charge in [-0.1, -0.05) is 6.08 Å². The zero-order valence-corrected chi connectivity index (χ0v) is 7.16. The van der Waals surface area contributed by atoms with Crippen LogP contribution in [0.3, 0.4) is 0 Å². The van der Waals surface area contributed by atoms with Gasteiger partial charge in [-0.25, -0.2) is 0 Å². The molecule has 0 spiro atoms. The van der Waals surface area contributed by atoms with Gasteiger partial charge in [-0.15, -0.1) is 6.58 Å². The summed E-state index contributed by atoms with van der Waals surface area (Å²) in [4.78, 5) is 10.5. The quantitative estimate of drug-likeness (QED) is 0.361. The first-order chi connectivity index (χ1) is 5.70. The van der Waals surface area contributed by atoms with E-state index in [2.05, 4.69) is 6.58 Å². The number of carbonyl (C=O) groups excluding carboxylic acids is 1. The molecular weight excluding hydrogens is 160 g/mol. The lowest BCUT2D eigenvalue weighted by Gasteiger charge is -2.14. The lowest BCUT2D eigenvalue weighted by atomic mass is 10.4. The number of aliphatic hydroxyl groups is 1. The van der Waals surface area contributed by atoms with E-state index >= 15 is 0 Å². The maximum Gasteiger partial charge on any atom is 0.304 e. The maximum atomic E-state index is 10.5. The molecule has 0 heterocycles. The van der Waals surface area contributed by atoms with Crippen LogP contribution >= 0.6 is 0 Å². The van der Waals surface area contributed by atoms with Gasteiger partial charge in [-0.2, -0.15) is 0 Å². The predicted molar refractivity (Wildman–Crippen MR) is 43.4 cm³/mol. The van der Waals surface area contributed by atoms with Crippen LogP contribution in [0.15, 0.2) is 12.7 Å². The molecule has 0 rings (SSSR count). The minimum Gasteiger partial charge on any atom is -0.436 e. The summed E-state index contributed by atoms with van der Waals surface area (Å²) in [5.74, 6) is -0.419. The number of carbonyl (C=O) groups is 1. The van der Waals surface area contributed by atoms with Gasteiger partial charge in [0.1, 0.15) is 0 Å². The second-order valence-electron chi connectivity index (χ2n) is 2.17. The molecule has 0 aliphatic carbocycles. The smallest absolute Gasteiger partial charge is 0.304 e. The van der Waals surface area contributed by atoms with E-state index in [1.54, 1.807) is 6.08 Å². The van der Waals surface area contributed by atoms with E-state index in [0.29, 0.717) is 6.61 Å². The van der Waals surface area contributed by atoms with Crippen molar-refractivity contribution in [3.63, 3.8) is 0 Å². The first-order valence-corrected chi connectivity index (χ1v) is 3.71. The molecular formula is C8H14O4. The van der Waals surface area contributed by atoms with Crippen molar-refractivity contribution in [3.05, 3.63) is 12.7 Å². The Morgan fingerprint density at radius 3 is 2.83 bits per heavy atom. The Bertz CT molecular complexity index is 144. The first-order valence-electron chi connectivity index (χ1n) is 3.71. The van der Waals surface area contributed by atoms with E-state index in [4.69, 9.17) is 14.6 Å². The normalized spacial score (nSPS) is 12.2. The van der Waals surface area contributed by atoms with Crippen LogP contribution in [0.2, 0.25) is 0 Å². The third kappa shape index (κ3) is 5.88. The number of ether oxygens (including phenoxy) is 2. The summed E-state index contributed by atoms with van der Waals surface area (Å²) < 4.78 is 9.75. The van der Waals surface area contributed by atoms with E-state index in [1.165, 1.54) is 6.92 Å². The van der Waals surface area contributed by atoms with Crippen molar-refractivity contribution in [2.75, 3.05) is 13.2 Å². The van der Waals surface area contributed by atoms with Crippen molar-refractivity contribution in [3.8, 4) is 0 Å². The van der Waals surface area contributed by atoms with Crippen LogP contribution in [-0.4, -0.2) is 30.6 Å². The summed E-state index contributed by atoms with van der Waals surface area (Å²) in [6.07, 6.45) is 1.17. The van der Waals surface area contributed by atoms with Crippen LogP contribution in [0.5, 0.6) is 0 Å². The Kier molecular flexibility index (Phi) is 6.32. The molecule has 0 aromatic carbocycles. The summed E-state index contributed by atoms with van der Waals surface area (Å²) in [6, 6.07) is 0. The van der Waals surface area contributed by atoms with E-state index in [-0.39, 0.29) is 13.0 Å². The summed E-state index contributed by atoms with van der Waals surface area (Å²) in [5.41, 5.74) is 0. The molecule has 0 fully saturated rings. The molecule has 12 heavy (non-hydrogen) atoms. The monoisotopic (exact) mass is 174 g/mol. The van der Waals surface area contributed by atoms with Crippen LogP contribution in [0, 0.1) is 0 Å². The van der Waals surface area contributed by atoms with Gasteiger partial charge in [0.15, 0.2) is 0 Å². The van der Waals surface area contributed by atoms with Crippen LogP contribution in [-0.2, 0) is 14.3 Å². The number of aliphatic hydroxyl groups excluding tert-OH is 1. The minimum absolute atomic E-state index is 0.0743. The Morgan fingerprint density at radius 2 is 2.42 bits per heavy atom. The number of rotatable bonds is 6. The summed E-state index contributed by atoms with van der Waals surface area (Å²) >= 11 is 0. The fourth-order valence-corrected chi connectivity index (χ4v) is 0.642. The predicted octanol–water partition coefficient (Wildman–Crippen LogP) is 0.461. The molecule has 0 radical (unpaired) electrons. The molecule has 4 heteroatoms. The van der Waals surface area contributed by atoms with Crippen LogP contribution in [0.25, 0.3) is 0 Å². The Morgan fingerprint density at radius 1 is 1.75 bits per heavy atom. The van der Waals surface area contributed by atoms with E-state index in [1.807, 2.05) is 0 Å². The fourth-order valence-electron chi connectivity index (χ4n) is 0.642. The second kappa shape index (κ2) is 6.82. The van der Waals surface area contributed by atoms with Crippen molar-refractivity contribution in [1.82, 2.24) is 0 Å². The summed E-state index contributed by atoms with van der Waals surface area (Å²) in [6.45, 7) is 4.97. The van der Waals surface area contributed by atoms with Crippen LogP contribution in [0.1, 0.15) is 13.3 Å².